The number of phenols is 1. The molecule has 0 unspecified atom stereocenters. The number of likely N-dealkylation sites (N-methyl/N-ethyl adjacent to an activating group) is 3. The second-order valence-electron chi connectivity index (χ2n) is 34.5. The normalized spacial score (nSPS) is 25.6. The summed E-state index contributed by atoms with van der Waals surface area (Å²) in [5, 5.41) is 47.4. The number of phenolic OH excluding ortho intramolecular Hbond substituents is 1. The first-order chi connectivity index (χ1) is 62.5. The molecule has 718 valence electrons. The predicted octanol–water partition coefficient (Wildman–Crippen LogP) is -2.21. The molecule has 8 rings (SSSR count). The summed E-state index contributed by atoms with van der Waals surface area (Å²) in [6.07, 6.45) is 2.11. The number of para-hydroxylation sites is 2. The summed E-state index contributed by atoms with van der Waals surface area (Å²) < 4.78 is 0. The van der Waals surface area contributed by atoms with Gasteiger partial charge in [-0.05, 0) is 144 Å². The number of aliphatic hydroxyl groups is 1. The maximum absolute atomic E-state index is 15.8. The van der Waals surface area contributed by atoms with Crippen molar-refractivity contribution in [2.45, 2.75) is 241 Å². The number of ketones is 1. The number of primary amides is 1. The Kier molecular flexibility index (Phi) is 40.5. The van der Waals surface area contributed by atoms with E-state index in [1.165, 1.54) is 67.0 Å². The van der Waals surface area contributed by atoms with Gasteiger partial charge >= 0.3 is 0 Å². The fourth-order valence-corrected chi connectivity index (χ4v) is 17.7. The standard InChI is InChI=1S/C90H134N22O18S/c1-9-11-22-71-84(124)102-64(31-35-93)81(121)107-70(83(123)100-62(29-33-91)77(96)117)48-131-49-76(116)99-67(39-52-25-27-56(113)28-26-52)86(126)108(6)51(5)78(118)103-65(32-36-94)88(128)111-37-17-24-72(111)85(125)106-69(44-95)82(122)104-66(38-50(3)4)89(129)112-47-57(114)43-74(112)75(115)42-53(40-54-45-97-60-20-15-13-18-58(54)60)79(119)101-63(30-34-92)80(120)105-68(41-55-46-98-61-21-16-14-19-59(55)61)87(127)110(8)73(23-12-10-2)90(130)109(71)7/h13-16,18-21,25-28,45-46,50-51,53,57,62-74,97-98,113-114H,9-12,17,22-24,29-44,47-49,91-95H2,1-8H3,(H2,96,117)(H,99,116)(H,100,123)(H,101,119)(H,102,124)(H,103,118)(H,104,122)(H,105,120)(H,106,125)(H,107,121)/t51-,53+,57+,62-,63-,64-,65-,66-,67-,68-,69-,70-,71-,72-,73-,74-/m0/s1. The van der Waals surface area contributed by atoms with Crippen molar-refractivity contribution in [3.63, 3.8) is 0 Å². The van der Waals surface area contributed by atoms with Crippen LogP contribution >= 0.6 is 11.8 Å². The summed E-state index contributed by atoms with van der Waals surface area (Å²) >= 11 is 0.796. The second kappa shape index (κ2) is 50.7. The van der Waals surface area contributed by atoms with Crippen LogP contribution in [0.1, 0.15) is 148 Å². The molecular weight excluding hydrogens is 1710 g/mol. The van der Waals surface area contributed by atoms with Crippen LogP contribution in [-0.4, -0.2) is 308 Å². The van der Waals surface area contributed by atoms with Crippen molar-refractivity contribution >= 4 is 128 Å². The Balaban J connectivity index is 1.18. The third-order valence-electron chi connectivity index (χ3n) is 24.3. The van der Waals surface area contributed by atoms with Gasteiger partial charge in [0.1, 0.15) is 84.3 Å². The van der Waals surface area contributed by atoms with E-state index < -0.39 is 215 Å². The molecule has 3 aliphatic rings. The summed E-state index contributed by atoms with van der Waals surface area (Å²) in [7, 11) is 4.06. The van der Waals surface area contributed by atoms with Gasteiger partial charge in [0.05, 0.1) is 17.9 Å². The summed E-state index contributed by atoms with van der Waals surface area (Å²) in [5.74, 6) is -16.0. The molecule has 0 bridgehead atoms. The van der Waals surface area contributed by atoms with Crippen molar-refractivity contribution in [3.8, 4) is 5.75 Å². The Hall–Kier alpha value is -11.6. The van der Waals surface area contributed by atoms with E-state index in [0.29, 0.717) is 64.2 Å². The number of thioether (sulfide) groups is 1. The number of rotatable bonds is 26. The lowest BCUT2D eigenvalue weighted by Gasteiger charge is -2.36. The molecule has 131 heavy (non-hydrogen) atoms. The van der Waals surface area contributed by atoms with Crippen LogP contribution < -0.4 is 82.3 Å². The number of amides is 15. The van der Waals surface area contributed by atoms with Gasteiger partial charge in [-0.1, -0.05) is 102 Å². The third-order valence-corrected chi connectivity index (χ3v) is 25.4. The monoisotopic (exact) mass is 1840 g/mol. The number of aromatic nitrogens is 2. The molecule has 40 nitrogen and oxygen atoms in total. The number of hydrogen-bond acceptors (Lipinski definition) is 24. The number of H-pyrrole nitrogens is 2. The highest BCUT2D eigenvalue weighted by Gasteiger charge is 2.47. The minimum atomic E-state index is -1.61. The first kappa shape index (κ1) is 105. The zero-order valence-electron chi connectivity index (χ0n) is 76.0. The van der Waals surface area contributed by atoms with Crippen molar-refractivity contribution < 1.29 is 86.9 Å². The van der Waals surface area contributed by atoms with Gasteiger partial charge in [-0.15, -0.1) is 11.8 Å². The van der Waals surface area contributed by atoms with Crippen molar-refractivity contribution in [2.75, 3.05) is 78.5 Å². The lowest BCUT2D eigenvalue weighted by molar-refractivity contribution is -0.149. The molecule has 3 saturated heterocycles. The molecule has 0 aliphatic carbocycles. The van der Waals surface area contributed by atoms with E-state index >= 15 is 33.6 Å². The van der Waals surface area contributed by atoms with Gasteiger partial charge in [0.25, 0.3) is 0 Å². The largest absolute Gasteiger partial charge is 0.508 e. The number of aliphatic hydroxyl groups excluding tert-OH is 1. The topological polar surface area (TPSA) is 626 Å². The van der Waals surface area contributed by atoms with Crippen molar-refractivity contribution in [2.24, 2.45) is 46.2 Å². The van der Waals surface area contributed by atoms with Crippen LogP contribution in [-0.2, 0) is 96.0 Å². The fourth-order valence-electron chi connectivity index (χ4n) is 16.8. The number of nitrogens with zero attached hydrogens (tertiary/aromatic N) is 5. The van der Waals surface area contributed by atoms with Crippen LogP contribution in [0.5, 0.6) is 5.75 Å². The third kappa shape index (κ3) is 28.7. The SMILES string of the molecule is CCCC[C@H]1C(=O)N(C)[C@@H](CCCC)C(=O)N[C@@H](CCN)C(=O)N[C@H](C(=O)N[C@@H](CCN)C(N)=O)CSCC(=O)N[C@@H](Cc2ccc(O)cc2)C(=O)N(C)[C@@H](C)C(=O)N[C@@H](CCN)C(=O)N2CCC[C@H]2C(=O)N[C@@H](CN)C(=O)N[C@@H](CC(C)C)C(=O)N2C[C@H](O)C[C@H]2C(=O)C[C@@H](Cc2c[nH]c3ccccc23)C(=O)N[C@@H](CCN)C(=O)N[C@@H](Cc2c[nH]c3ccccc23)C(=O)N1C. The van der Waals surface area contributed by atoms with Gasteiger partial charge in [-0.3, -0.25) is 76.7 Å². The van der Waals surface area contributed by atoms with E-state index in [-0.39, 0.29) is 134 Å². The number of nitrogens with one attached hydrogen (secondary N) is 11. The molecule has 5 heterocycles. The van der Waals surface area contributed by atoms with E-state index in [4.69, 9.17) is 34.4 Å². The number of aromatic amines is 2. The zero-order chi connectivity index (χ0) is 96.0. The van der Waals surface area contributed by atoms with Gasteiger partial charge in [0.15, 0.2) is 5.78 Å². The number of nitrogens with two attached hydrogens (primary N) is 6. The molecule has 25 N–H and O–H groups in total. The molecule has 3 aromatic carbocycles. The number of unbranched alkanes of at least 4 members (excludes halogenated alkanes) is 2. The predicted molar refractivity (Wildman–Crippen MR) is 491 cm³/mol. The average molecular weight is 1840 g/mol. The summed E-state index contributed by atoms with van der Waals surface area (Å²) in [6.45, 7) is 7.06. The van der Waals surface area contributed by atoms with Gasteiger partial charge in [-0.2, -0.15) is 0 Å². The molecule has 5 aromatic rings. The van der Waals surface area contributed by atoms with Crippen LogP contribution in [0.2, 0.25) is 0 Å². The minimum absolute atomic E-state index is 0.00470. The molecule has 15 amide bonds. The van der Waals surface area contributed by atoms with Gasteiger partial charge in [0.2, 0.25) is 88.6 Å². The van der Waals surface area contributed by atoms with Crippen molar-refractivity contribution in [1.82, 2.24) is 82.3 Å². The molecule has 2 aromatic heterocycles. The van der Waals surface area contributed by atoms with Crippen LogP contribution in [0, 0.1) is 11.8 Å². The maximum Gasteiger partial charge on any atom is 0.245 e. The number of hydrogen-bond donors (Lipinski definition) is 19. The highest BCUT2D eigenvalue weighted by molar-refractivity contribution is 8.00. The molecular formula is C90H134N22O18S. The molecule has 41 heteroatoms. The fraction of sp³-hybridized carbons (Fsp3) is 0.578. The van der Waals surface area contributed by atoms with Crippen LogP contribution in [0.3, 0.4) is 0 Å². The van der Waals surface area contributed by atoms with E-state index in [0.717, 1.165) is 21.6 Å². The first-order valence-corrected chi connectivity index (χ1v) is 46.3. The summed E-state index contributed by atoms with van der Waals surface area (Å²) in [6, 6.07) is 0.215. The summed E-state index contributed by atoms with van der Waals surface area (Å²) in [4.78, 5) is 250. The number of Topliss-reactive ketones (excluding diaryl/α,β-unsaturated/α-hetero) is 1. The van der Waals surface area contributed by atoms with Crippen LogP contribution in [0.15, 0.2) is 85.2 Å². The van der Waals surface area contributed by atoms with E-state index in [1.807, 2.05) is 38.1 Å². The average Bonchev–Trinajstić information content (AvgIpc) is 1.81. The Morgan fingerprint density at radius 1 is 0.534 bits per heavy atom. The number of benzene rings is 3. The molecule has 0 saturated carbocycles. The second-order valence-corrected chi connectivity index (χ2v) is 35.5. The van der Waals surface area contributed by atoms with Crippen LogP contribution in [0.4, 0.5) is 0 Å². The van der Waals surface area contributed by atoms with E-state index in [1.54, 1.807) is 50.5 Å². The van der Waals surface area contributed by atoms with E-state index in [9.17, 15) is 53.4 Å². The Bertz CT molecular complexity index is 4800. The number of carbonyl (C=O) groups is 16. The quantitative estimate of drug-likeness (QED) is 0.0279. The Labute approximate surface area is 766 Å². The zero-order valence-corrected chi connectivity index (χ0v) is 76.8. The lowest BCUT2D eigenvalue weighted by Crippen LogP contribution is -2.61. The molecule has 0 radical (unpaired) electrons. The highest BCUT2D eigenvalue weighted by atomic mass is 32.2. The number of carbonyl (C=O) groups excluding carboxylic acids is 16. The smallest absolute Gasteiger partial charge is 0.245 e. The Morgan fingerprint density at radius 2 is 1.05 bits per heavy atom. The molecule has 3 aliphatic heterocycles. The number of fused-ring (bicyclic) bond motifs is 4. The number of aromatic hydroxyl groups is 1. The Morgan fingerprint density at radius 3 is 1.64 bits per heavy atom. The molecule has 0 spiro atoms. The first-order valence-electron chi connectivity index (χ1n) is 45.1. The van der Waals surface area contributed by atoms with Gasteiger partial charge in [-0.25, -0.2) is 0 Å². The highest BCUT2D eigenvalue weighted by Crippen LogP contribution is 2.30. The van der Waals surface area contributed by atoms with Crippen molar-refractivity contribution in [1.29, 1.82) is 0 Å². The molecule has 16 atom stereocenters. The van der Waals surface area contributed by atoms with E-state index in [2.05, 4.69) is 57.8 Å². The lowest BCUT2D eigenvalue weighted by atomic mass is 9.90. The molecule has 3 fully saturated rings. The van der Waals surface area contributed by atoms with Gasteiger partial charge < -0.3 is 127 Å². The van der Waals surface area contributed by atoms with Crippen molar-refractivity contribution in [3.05, 3.63) is 102 Å². The maximum atomic E-state index is 15.8. The summed E-state index contributed by atoms with van der Waals surface area (Å²) in [5.41, 5.74) is 39.2. The minimum Gasteiger partial charge on any atom is -0.508 e. The van der Waals surface area contributed by atoms with Crippen LogP contribution in [0.25, 0.3) is 21.8 Å². The van der Waals surface area contributed by atoms with Gasteiger partial charge in [0, 0.05) is 112 Å².